The van der Waals surface area contributed by atoms with Gasteiger partial charge in [-0.3, -0.25) is 0 Å². The van der Waals surface area contributed by atoms with Crippen molar-refractivity contribution < 1.29 is 9.15 Å². The van der Waals surface area contributed by atoms with Gasteiger partial charge in [-0.15, -0.1) is 0 Å². The number of rotatable bonds is 5. The summed E-state index contributed by atoms with van der Waals surface area (Å²) in [5.74, 6) is 1.02. The maximum absolute atomic E-state index is 6.13. The van der Waals surface area contributed by atoms with Crippen LogP contribution in [0.1, 0.15) is 49.1 Å². The highest BCUT2D eigenvalue weighted by Crippen LogP contribution is 2.32. The Bertz CT molecular complexity index is 628. The zero-order valence-corrected chi connectivity index (χ0v) is 13.3. The third-order valence-electron chi connectivity index (χ3n) is 4.30. The highest BCUT2D eigenvalue weighted by atomic mass is 16.5. The highest BCUT2D eigenvalue weighted by molar-refractivity contribution is 5.84. The number of hydrogen-bond donors (Lipinski definition) is 1. The van der Waals surface area contributed by atoms with Crippen molar-refractivity contribution in [1.82, 2.24) is 5.32 Å². The molecule has 3 nitrogen and oxygen atoms in total. The average Bonchev–Trinajstić information content (AvgIpc) is 2.80. The number of nitrogens with one attached hydrogen (secondary N) is 1. The van der Waals surface area contributed by atoms with Crippen molar-refractivity contribution in [3.8, 4) is 0 Å². The lowest BCUT2D eigenvalue weighted by Gasteiger charge is -2.15. The first-order chi connectivity index (χ1) is 10.2. The van der Waals surface area contributed by atoms with E-state index in [0.29, 0.717) is 12.6 Å². The molecule has 0 radical (unpaired) electrons. The Morgan fingerprint density at radius 3 is 2.57 bits per heavy atom. The predicted molar refractivity (Wildman–Crippen MR) is 85.5 cm³/mol. The summed E-state index contributed by atoms with van der Waals surface area (Å²) in [7, 11) is 1.75. The van der Waals surface area contributed by atoms with Gasteiger partial charge in [-0.05, 0) is 48.9 Å². The fourth-order valence-corrected chi connectivity index (χ4v) is 3.17. The van der Waals surface area contributed by atoms with E-state index in [1.54, 1.807) is 7.11 Å². The summed E-state index contributed by atoms with van der Waals surface area (Å²) in [5, 5.41) is 4.68. The topological polar surface area (TPSA) is 34.4 Å². The first kappa shape index (κ1) is 14.6. The molecule has 0 unspecified atom stereocenters. The fourth-order valence-electron chi connectivity index (χ4n) is 3.17. The molecule has 0 saturated heterocycles. The second-order valence-electron chi connectivity index (χ2n) is 6.30. The Kier molecular flexibility index (Phi) is 4.32. The summed E-state index contributed by atoms with van der Waals surface area (Å²) in [4.78, 5) is 0. The molecule has 0 spiro atoms. The summed E-state index contributed by atoms with van der Waals surface area (Å²) in [6, 6.07) is 5.03. The standard InChI is InChI=1S/C18H25NO2/c1-12(2)19-10-18-16(11-20-3)15-8-13-6-4-5-7-14(13)9-17(15)21-18/h8-9,12,19H,4-7,10-11H2,1-3H3. The second-order valence-corrected chi connectivity index (χ2v) is 6.30. The van der Waals surface area contributed by atoms with Crippen LogP contribution in [0.25, 0.3) is 11.0 Å². The predicted octanol–water partition coefficient (Wildman–Crippen LogP) is 3.96. The normalized spacial score (nSPS) is 14.9. The molecule has 1 heterocycles. The van der Waals surface area contributed by atoms with Crippen LogP contribution >= 0.6 is 0 Å². The number of ether oxygens (including phenoxy) is 1. The van der Waals surface area contributed by atoms with E-state index >= 15 is 0 Å². The van der Waals surface area contributed by atoms with Gasteiger partial charge in [0.05, 0.1) is 13.2 Å². The number of aryl methyl sites for hydroxylation is 2. The van der Waals surface area contributed by atoms with E-state index in [4.69, 9.17) is 9.15 Å². The minimum absolute atomic E-state index is 0.446. The van der Waals surface area contributed by atoms with Gasteiger partial charge in [0, 0.05) is 24.1 Å². The average molecular weight is 287 g/mol. The lowest BCUT2D eigenvalue weighted by Crippen LogP contribution is -2.22. The van der Waals surface area contributed by atoms with Gasteiger partial charge in [-0.1, -0.05) is 13.8 Å². The van der Waals surface area contributed by atoms with E-state index < -0.39 is 0 Å². The lowest BCUT2D eigenvalue weighted by molar-refractivity contribution is 0.183. The van der Waals surface area contributed by atoms with Crippen LogP contribution in [0.15, 0.2) is 16.5 Å². The summed E-state index contributed by atoms with van der Waals surface area (Å²) >= 11 is 0. The van der Waals surface area contributed by atoms with Crippen LogP contribution in [0.4, 0.5) is 0 Å². The molecule has 0 bridgehead atoms. The summed E-state index contributed by atoms with van der Waals surface area (Å²) in [6.45, 7) is 5.67. The third-order valence-corrected chi connectivity index (χ3v) is 4.30. The second kappa shape index (κ2) is 6.20. The van der Waals surface area contributed by atoms with Gasteiger partial charge in [-0.25, -0.2) is 0 Å². The zero-order chi connectivity index (χ0) is 14.8. The number of furan rings is 1. The Morgan fingerprint density at radius 1 is 1.19 bits per heavy atom. The molecule has 0 fully saturated rings. The molecule has 1 aromatic carbocycles. The van der Waals surface area contributed by atoms with E-state index in [1.165, 1.54) is 47.8 Å². The van der Waals surface area contributed by atoms with E-state index in [1.807, 2.05) is 0 Å². The molecule has 2 aromatic rings. The molecular formula is C18H25NO2. The van der Waals surface area contributed by atoms with Gasteiger partial charge in [0.15, 0.2) is 0 Å². The molecule has 1 aromatic heterocycles. The van der Waals surface area contributed by atoms with Crippen molar-refractivity contribution in [1.29, 1.82) is 0 Å². The van der Waals surface area contributed by atoms with Crippen molar-refractivity contribution in [2.24, 2.45) is 0 Å². The van der Waals surface area contributed by atoms with Gasteiger partial charge in [0.1, 0.15) is 11.3 Å². The van der Waals surface area contributed by atoms with E-state index in [2.05, 4.69) is 31.3 Å². The number of fused-ring (bicyclic) bond motifs is 2. The van der Waals surface area contributed by atoms with Crippen molar-refractivity contribution in [3.05, 3.63) is 34.6 Å². The Labute approximate surface area is 126 Å². The van der Waals surface area contributed by atoms with Gasteiger partial charge >= 0.3 is 0 Å². The smallest absolute Gasteiger partial charge is 0.135 e. The Morgan fingerprint density at radius 2 is 1.90 bits per heavy atom. The highest BCUT2D eigenvalue weighted by Gasteiger charge is 2.18. The zero-order valence-electron chi connectivity index (χ0n) is 13.3. The molecule has 3 rings (SSSR count). The molecule has 0 aliphatic heterocycles. The van der Waals surface area contributed by atoms with Crippen LogP contribution in [0.3, 0.4) is 0 Å². The molecule has 1 aliphatic rings. The van der Waals surface area contributed by atoms with Crippen LogP contribution in [-0.2, 0) is 30.7 Å². The number of hydrogen-bond acceptors (Lipinski definition) is 3. The van der Waals surface area contributed by atoms with Crippen LogP contribution in [0, 0.1) is 0 Å². The van der Waals surface area contributed by atoms with E-state index in [9.17, 15) is 0 Å². The van der Waals surface area contributed by atoms with Gasteiger partial charge in [0.25, 0.3) is 0 Å². The molecule has 0 amide bonds. The van der Waals surface area contributed by atoms with Crippen LogP contribution in [-0.4, -0.2) is 13.2 Å². The number of methoxy groups -OCH3 is 1. The number of benzene rings is 1. The van der Waals surface area contributed by atoms with Crippen molar-refractivity contribution in [3.63, 3.8) is 0 Å². The SMILES string of the molecule is COCc1c(CNC(C)C)oc2cc3c(cc12)CCCC3. The monoisotopic (exact) mass is 287 g/mol. The molecule has 1 aliphatic carbocycles. The van der Waals surface area contributed by atoms with Crippen LogP contribution < -0.4 is 5.32 Å². The van der Waals surface area contributed by atoms with Crippen molar-refractivity contribution >= 4 is 11.0 Å². The van der Waals surface area contributed by atoms with Gasteiger partial charge in [-0.2, -0.15) is 0 Å². The summed E-state index contributed by atoms with van der Waals surface area (Å²) < 4.78 is 11.5. The van der Waals surface area contributed by atoms with Crippen molar-refractivity contribution in [2.75, 3.05) is 7.11 Å². The molecule has 21 heavy (non-hydrogen) atoms. The molecule has 3 heteroatoms. The molecule has 1 N–H and O–H groups in total. The molecule has 114 valence electrons. The first-order valence-electron chi connectivity index (χ1n) is 7.97. The molecule has 0 saturated carbocycles. The van der Waals surface area contributed by atoms with Crippen molar-refractivity contribution in [2.45, 2.75) is 58.7 Å². The quantitative estimate of drug-likeness (QED) is 0.904. The van der Waals surface area contributed by atoms with E-state index in [-0.39, 0.29) is 0 Å². The van der Waals surface area contributed by atoms with Gasteiger partial charge in [0.2, 0.25) is 0 Å². The maximum atomic E-state index is 6.13. The lowest BCUT2D eigenvalue weighted by atomic mass is 9.90. The summed E-state index contributed by atoms with van der Waals surface area (Å²) in [5.41, 5.74) is 5.18. The van der Waals surface area contributed by atoms with Gasteiger partial charge < -0.3 is 14.5 Å². The summed E-state index contributed by atoms with van der Waals surface area (Å²) in [6.07, 6.45) is 4.98. The molecular weight excluding hydrogens is 262 g/mol. The Hall–Kier alpha value is -1.32. The fraction of sp³-hybridized carbons (Fsp3) is 0.556. The largest absolute Gasteiger partial charge is 0.459 e. The minimum Gasteiger partial charge on any atom is -0.459 e. The van der Waals surface area contributed by atoms with Crippen LogP contribution in [0.5, 0.6) is 0 Å². The first-order valence-corrected chi connectivity index (χ1v) is 7.97. The third kappa shape index (κ3) is 2.99. The maximum Gasteiger partial charge on any atom is 0.135 e. The van der Waals surface area contributed by atoms with Crippen LogP contribution in [0.2, 0.25) is 0 Å². The molecule has 0 atom stereocenters. The Balaban J connectivity index is 2.03. The van der Waals surface area contributed by atoms with E-state index in [0.717, 1.165) is 17.9 Å². The minimum atomic E-state index is 0.446.